The Hall–Kier alpha value is -2.28. The first kappa shape index (κ1) is 20.5. The fourth-order valence-electron chi connectivity index (χ4n) is 3.95. The Morgan fingerprint density at radius 3 is 2.64 bits per heavy atom. The van der Waals surface area contributed by atoms with Crippen LogP contribution in [0, 0.1) is 0 Å². The van der Waals surface area contributed by atoms with Crippen molar-refractivity contribution < 1.29 is 19.1 Å². The van der Waals surface area contributed by atoms with Gasteiger partial charge < -0.3 is 25.0 Å². The van der Waals surface area contributed by atoms with E-state index in [1.165, 1.54) is 5.56 Å². The Kier molecular flexibility index (Phi) is 7.14. The zero-order valence-electron chi connectivity index (χ0n) is 16.9. The van der Waals surface area contributed by atoms with E-state index in [9.17, 15) is 9.59 Å². The molecular weight excluding hydrogens is 358 g/mol. The van der Waals surface area contributed by atoms with Crippen LogP contribution in [0.3, 0.4) is 0 Å². The molecule has 0 spiro atoms. The number of nitrogens with one attached hydrogen (secondary N) is 2. The normalized spacial score (nSPS) is 18.5. The minimum atomic E-state index is 0.0693. The average molecular weight is 389 g/mol. The van der Waals surface area contributed by atoms with E-state index in [0.717, 1.165) is 37.1 Å². The second-order valence-corrected chi connectivity index (χ2v) is 7.49. The van der Waals surface area contributed by atoms with Crippen molar-refractivity contribution in [3.8, 4) is 11.5 Å². The van der Waals surface area contributed by atoms with Gasteiger partial charge in [-0.1, -0.05) is 0 Å². The molecule has 7 nitrogen and oxygen atoms in total. The smallest absolute Gasteiger partial charge is 0.222 e. The molecular formula is C21H31N3O4. The van der Waals surface area contributed by atoms with Crippen LogP contribution in [0.15, 0.2) is 12.1 Å². The molecule has 0 aromatic heterocycles. The highest BCUT2D eigenvalue weighted by molar-refractivity contribution is 5.78. The second kappa shape index (κ2) is 9.78. The topological polar surface area (TPSA) is 79.9 Å². The van der Waals surface area contributed by atoms with Crippen molar-refractivity contribution in [1.82, 2.24) is 15.5 Å². The Morgan fingerprint density at radius 2 is 1.96 bits per heavy atom. The van der Waals surface area contributed by atoms with Crippen LogP contribution in [-0.4, -0.2) is 56.6 Å². The van der Waals surface area contributed by atoms with Gasteiger partial charge in [-0.2, -0.15) is 0 Å². The second-order valence-electron chi connectivity index (χ2n) is 7.49. The van der Waals surface area contributed by atoms with Crippen molar-refractivity contribution in [2.75, 3.05) is 33.9 Å². The van der Waals surface area contributed by atoms with E-state index in [-0.39, 0.29) is 11.8 Å². The van der Waals surface area contributed by atoms with Gasteiger partial charge >= 0.3 is 0 Å². The maximum absolute atomic E-state index is 12.6. The number of fused-ring (bicyclic) bond motifs is 1. The predicted molar refractivity (Wildman–Crippen MR) is 107 cm³/mol. The maximum atomic E-state index is 12.6. The minimum Gasteiger partial charge on any atom is -0.493 e. The first-order chi connectivity index (χ1) is 13.6. The molecule has 3 rings (SSSR count). The number of amides is 2. The van der Waals surface area contributed by atoms with E-state index in [2.05, 4.69) is 10.6 Å². The number of methoxy groups -OCH3 is 2. The molecule has 2 aliphatic heterocycles. The average Bonchev–Trinajstić information content (AvgIpc) is 3.22. The molecule has 7 heteroatoms. The molecule has 1 unspecified atom stereocenters. The Bertz CT molecular complexity index is 701. The molecule has 1 aromatic rings. The SMILES string of the molecule is COc1cc2c(cc1OC)CN(C(=O)CCCNC(=O)CC1CCCN1)CC2. The number of ether oxygens (including phenoxy) is 2. The molecule has 1 aromatic carbocycles. The molecule has 28 heavy (non-hydrogen) atoms. The molecule has 0 radical (unpaired) electrons. The van der Waals surface area contributed by atoms with Gasteiger partial charge in [0.25, 0.3) is 0 Å². The molecule has 2 heterocycles. The van der Waals surface area contributed by atoms with Crippen LogP contribution in [-0.2, 0) is 22.6 Å². The van der Waals surface area contributed by atoms with E-state index >= 15 is 0 Å². The first-order valence-corrected chi connectivity index (χ1v) is 10.1. The van der Waals surface area contributed by atoms with Gasteiger partial charge in [-0.05, 0) is 55.5 Å². The van der Waals surface area contributed by atoms with E-state index in [1.807, 2.05) is 17.0 Å². The highest BCUT2D eigenvalue weighted by Crippen LogP contribution is 2.33. The summed E-state index contributed by atoms with van der Waals surface area (Å²) in [6, 6.07) is 4.28. The van der Waals surface area contributed by atoms with Gasteiger partial charge in [0.2, 0.25) is 11.8 Å². The van der Waals surface area contributed by atoms with Crippen LogP contribution < -0.4 is 20.1 Å². The molecule has 0 saturated carbocycles. The van der Waals surface area contributed by atoms with Crippen molar-refractivity contribution >= 4 is 11.8 Å². The molecule has 2 amide bonds. The summed E-state index contributed by atoms with van der Waals surface area (Å²) in [4.78, 5) is 26.4. The standard InChI is InChI=1S/C21H31N3O4/c1-27-18-11-15-7-10-24(14-16(15)12-19(18)28-2)21(26)6-4-9-23-20(25)13-17-5-3-8-22-17/h11-12,17,22H,3-10,13-14H2,1-2H3,(H,23,25). The lowest BCUT2D eigenvalue weighted by atomic mass is 9.98. The lowest BCUT2D eigenvalue weighted by molar-refractivity contribution is -0.132. The molecule has 0 aliphatic carbocycles. The fraction of sp³-hybridized carbons (Fsp3) is 0.619. The summed E-state index contributed by atoms with van der Waals surface area (Å²) in [7, 11) is 3.25. The van der Waals surface area contributed by atoms with Crippen molar-refractivity contribution in [2.24, 2.45) is 0 Å². The summed E-state index contributed by atoms with van der Waals surface area (Å²) in [6.07, 6.45) is 4.67. The highest BCUT2D eigenvalue weighted by Gasteiger charge is 2.23. The van der Waals surface area contributed by atoms with Crippen molar-refractivity contribution in [2.45, 2.75) is 51.1 Å². The van der Waals surface area contributed by atoms with Crippen molar-refractivity contribution in [1.29, 1.82) is 0 Å². The number of carbonyl (C=O) groups is 2. The van der Waals surface area contributed by atoms with Gasteiger partial charge in [0, 0.05) is 38.5 Å². The number of benzene rings is 1. The van der Waals surface area contributed by atoms with Gasteiger partial charge in [-0.3, -0.25) is 9.59 Å². The summed E-state index contributed by atoms with van der Waals surface area (Å²) in [5, 5.41) is 6.26. The molecule has 2 N–H and O–H groups in total. The van der Waals surface area contributed by atoms with E-state index in [1.54, 1.807) is 14.2 Å². The largest absolute Gasteiger partial charge is 0.493 e. The third-order valence-electron chi connectivity index (χ3n) is 5.55. The van der Waals surface area contributed by atoms with Crippen LogP contribution in [0.2, 0.25) is 0 Å². The van der Waals surface area contributed by atoms with Gasteiger partial charge in [-0.15, -0.1) is 0 Å². The zero-order chi connectivity index (χ0) is 19.9. The lowest BCUT2D eigenvalue weighted by Gasteiger charge is -2.29. The third kappa shape index (κ3) is 5.16. The number of rotatable bonds is 8. The van der Waals surface area contributed by atoms with E-state index < -0.39 is 0 Å². The monoisotopic (exact) mass is 389 g/mol. The van der Waals surface area contributed by atoms with Crippen molar-refractivity contribution in [3.63, 3.8) is 0 Å². The van der Waals surface area contributed by atoms with Crippen molar-refractivity contribution in [3.05, 3.63) is 23.3 Å². The lowest BCUT2D eigenvalue weighted by Crippen LogP contribution is -2.36. The maximum Gasteiger partial charge on any atom is 0.222 e. The van der Waals surface area contributed by atoms with Crippen LogP contribution >= 0.6 is 0 Å². The molecule has 2 aliphatic rings. The number of hydrogen-bond acceptors (Lipinski definition) is 5. The van der Waals surface area contributed by atoms with Gasteiger partial charge in [0.05, 0.1) is 14.2 Å². The highest BCUT2D eigenvalue weighted by atomic mass is 16.5. The molecule has 1 saturated heterocycles. The summed E-state index contributed by atoms with van der Waals surface area (Å²) in [5.41, 5.74) is 2.31. The summed E-state index contributed by atoms with van der Waals surface area (Å²) < 4.78 is 10.7. The summed E-state index contributed by atoms with van der Waals surface area (Å²) in [6.45, 7) is 2.85. The van der Waals surface area contributed by atoms with Crippen LogP contribution in [0.1, 0.15) is 43.2 Å². The Labute approximate surface area is 166 Å². The Balaban J connectivity index is 1.42. The number of carbonyl (C=O) groups excluding carboxylic acids is 2. The Morgan fingerprint density at radius 1 is 1.21 bits per heavy atom. The minimum absolute atomic E-state index is 0.0693. The molecule has 0 bridgehead atoms. The van der Waals surface area contributed by atoms with Gasteiger partial charge in [-0.25, -0.2) is 0 Å². The van der Waals surface area contributed by atoms with E-state index in [0.29, 0.717) is 50.7 Å². The van der Waals surface area contributed by atoms with Gasteiger partial charge in [0.1, 0.15) is 0 Å². The van der Waals surface area contributed by atoms with Crippen LogP contribution in [0.25, 0.3) is 0 Å². The fourth-order valence-corrected chi connectivity index (χ4v) is 3.95. The third-order valence-corrected chi connectivity index (χ3v) is 5.55. The molecule has 1 atom stereocenters. The summed E-state index contributed by atoms with van der Waals surface area (Å²) in [5.74, 6) is 1.62. The predicted octanol–water partition coefficient (Wildman–Crippen LogP) is 1.63. The van der Waals surface area contributed by atoms with Crippen LogP contribution in [0.4, 0.5) is 0 Å². The number of hydrogen-bond donors (Lipinski definition) is 2. The zero-order valence-corrected chi connectivity index (χ0v) is 16.9. The van der Waals surface area contributed by atoms with Crippen LogP contribution in [0.5, 0.6) is 11.5 Å². The molecule has 1 fully saturated rings. The first-order valence-electron chi connectivity index (χ1n) is 10.1. The van der Waals surface area contributed by atoms with E-state index in [4.69, 9.17) is 9.47 Å². The summed E-state index contributed by atoms with van der Waals surface area (Å²) >= 11 is 0. The number of nitrogens with zero attached hydrogens (tertiary/aromatic N) is 1. The van der Waals surface area contributed by atoms with Gasteiger partial charge in [0.15, 0.2) is 11.5 Å². The quantitative estimate of drug-likeness (QED) is 0.661. The molecule has 154 valence electrons.